The molecule has 0 amide bonds. The van der Waals surface area contributed by atoms with E-state index in [0.29, 0.717) is 6.61 Å². The van der Waals surface area contributed by atoms with Gasteiger partial charge in [-0.05, 0) is 12.5 Å². The Morgan fingerprint density at radius 3 is 2.67 bits per heavy atom. The van der Waals surface area contributed by atoms with E-state index in [1.807, 2.05) is 0 Å². The van der Waals surface area contributed by atoms with Crippen LogP contribution < -0.4 is 0 Å². The lowest BCUT2D eigenvalue weighted by Crippen LogP contribution is -2.12. The average molecular weight is 212 g/mol. The maximum absolute atomic E-state index is 10.7. The maximum atomic E-state index is 10.7. The van der Waals surface area contributed by atoms with Gasteiger partial charge in [-0.1, -0.05) is 39.0 Å². The molecule has 15 heavy (non-hydrogen) atoms. The van der Waals surface area contributed by atoms with Gasteiger partial charge < -0.3 is 9.47 Å². The first-order valence-electron chi connectivity index (χ1n) is 5.83. The van der Waals surface area contributed by atoms with Crippen LogP contribution in [0.2, 0.25) is 0 Å². The molecule has 0 N–H and O–H groups in total. The predicted molar refractivity (Wildman–Crippen MR) is 58.3 cm³/mol. The number of hydrogen-bond acceptors (Lipinski definition) is 3. The van der Waals surface area contributed by atoms with E-state index in [2.05, 4.69) is 6.92 Å². The van der Waals surface area contributed by atoms with Gasteiger partial charge in [0.15, 0.2) is 0 Å². The lowest BCUT2D eigenvalue weighted by molar-refractivity contribution is -0.158. The molecular formula is C12H20O3. The smallest absolute Gasteiger partial charge is 0.333 e. The third-order valence-corrected chi connectivity index (χ3v) is 2.40. The quantitative estimate of drug-likeness (QED) is 0.458. The molecule has 0 aromatic carbocycles. The number of cyclic esters (lactones) is 1. The molecule has 0 bridgehead atoms. The van der Waals surface area contributed by atoms with E-state index < -0.39 is 6.29 Å². The van der Waals surface area contributed by atoms with Gasteiger partial charge in [-0.25, -0.2) is 4.79 Å². The molecule has 1 aliphatic heterocycles. The second-order valence-corrected chi connectivity index (χ2v) is 3.80. The largest absolute Gasteiger partial charge is 0.429 e. The number of hydrogen-bond donors (Lipinski definition) is 0. The van der Waals surface area contributed by atoms with E-state index in [4.69, 9.17) is 9.47 Å². The molecule has 86 valence electrons. The highest BCUT2D eigenvalue weighted by Crippen LogP contribution is 2.09. The predicted octanol–water partition coefficient (Wildman–Crippen LogP) is 2.80. The van der Waals surface area contributed by atoms with Gasteiger partial charge in [-0.3, -0.25) is 0 Å². The van der Waals surface area contributed by atoms with Crippen molar-refractivity contribution in [2.75, 3.05) is 6.61 Å². The molecule has 0 spiro atoms. The summed E-state index contributed by atoms with van der Waals surface area (Å²) in [6, 6.07) is 0. The minimum Gasteiger partial charge on any atom is -0.429 e. The molecule has 3 nitrogen and oxygen atoms in total. The number of ether oxygens (including phenoxy) is 2. The van der Waals surface area contributed by atoms with Crippen LogP contribution in [0.5, 0.6) is 0 Å². The molecule has 0 fully saturated rings. The first-order valence-corrected chi connectivity index (χ1v) is 5.83. The molecular weight excluding hydrogens is 192 g/mol. The van der Waals surface area contributed by atoms with Crippen LogP contribution in [0.15, 0.2) is 12.2 Å². The minimum absolute atomic E-state index is 0.303. The van der Waals surface area contributed by atoms with E-state index in [9.17, 15) is 4.79 Å². The molecule has 1 aliphatic rings. The van der Waals surface area contributed by atoms with E-state index in [1.165, 1.54) is 38.2 Å². The molecule has 0 aromatic heterocycles. The monoisotopic (exact) mass is 212 g/mol. The van der Waals surface area contributed by atoms with Crippen molar-refractivity contribution >= 4 is 5.97 Å². The lowest BCUT2D eigenvalue weighted by Gasteiger charge is -2.09. The van der Waals surface area contributed by atoms with Crippen molar-refractivity contribution in [3.8, 4) is 0 Å². The lowest BCUT2D eigenvalue weighted by atomic mass is 10.1. The van der Waals surface area contributed by atoms with Crippen LogP contribution in [-0.4, -0.2) is 18.9 Å². The van der Waals surface area contributed by atoms with Crippen molar-refractivity contribution in [2.24, 2.45) is 0 Å². The fraction of sp³-hybridized carbons (Fsp3) is 0.750. The Bertz CT molecular complexity index is 211. The summed E-state index contributed by atoms with van der Waals surface area (Å²) in [7, 11) is 0. The molecule has 1 unspecified atom stereocenters. The van der Waals surface area contributed by atoms with Crippen LogP contribution in [-0.2, 0) is 14.3 Å². The second-order valence-electron chi connectivity index (χ2n) is 3.80. The summed E-state index contributed by atoms with van der Waals surface area (Å²) in [5.41, 5.74) is 0. The van der Waals surface area contributed by atoms with Gasteiger partial charge in [-0.15, -0.1) is 0 Å². The average Bonchev–Trinajstić information content (AvgIpc) is 2.63. The van der Waals surface area contributed by atoms with Gasteiger partial charge in [0.05, 0.1) is 6.61 Å². The first-order chi connectivity index (χ1) is 7.33. The van der Waals surface area contributed by atoms with Gasteiger partial charge in [0.2, 0.25) is 6.29 Å². The Morgan fingerprint density at radius 1 is 1.27 bits per heavy atom. The van der Waals surface area contributed by atoms with Crippen LogP contribution >= 0.6 is 0 Å². The van der Waals surface area contributed by atoms with Crippen molar-refractivity contribution in [1.29, 1.82) is 0 Å². The van der Waals surface area contributed by atoms with Gasteiger partial charge >= 0.3 is 5.97 Å². The van der Waals surface area contributed by atoms with Crippen LogP contribution in [0.4, 0.5) is 0 Å². The van der Waals surface area contributed by atoms with Gasteiger partial charge in [0.25, 0.3) is 0 Å². The van der Waals surface area contributed by atoms with E-state index >= 15 is 0 Å². The summed E-state index contributed by atoms with van der Waals surface area (Å²) in [6.45, 7) is 2.89. The zero-order chi connectivity index (χ0) is 10.9. The summed E-state index contributed by atoms with van der Waals surface area (Å²) < 4.78 is 10.2. The molecule has 1 rings (SSSR count). The topological polar surface area (TPSA) is 35.5 Å². The fourth-order valence-corrected chi connectivity index (χ4v) is 1.52. The van der Waals surface area contributed by atoms with E-state index in [0.717, 1.165) is 6.42 Å². The molecule has 0 saturated heterocycles. The zero-order valence-corrected chi connectivity index (χ0v) is 9.41. The fourth-order valence-electron chi connectivity index (χ4n) is 1.52. The third kappa shape index (κ3) is 5.57. The summed E-state index contributed by atoms with van der Waals surface area (Å²) in [5.74, 6) is -0.303. The first kappa shape index (κ1) is 12.2. The van der Waals surface area contributed by atoms with Crippen molar-refractivity contribution in [2.45, 2.75) is 51.7 Å². The van der Waals surface area contributed by atoms with Gasteiger partial charge in [0, 0.05) is 6.08 Å². The highest BCUT2D eigenvalue weighted by molar-refractivity contribution is 5.84. The van der Waals surface area contributed by atoms with E-state index in [1.54, 1.807) is 6.08 Å². The second kappa shape index (κ2) is 7.46. The van der Waals surface area contributed by atoms with Crippen LogP contribution in [0.3, 0.4) is 0 Å². The Kier molecular flexibility index (Phi) is 6.09. The Morgan fingerprint density at radius 2 is 2.00 bits per heavy atom. The van der Waals surface area contributed by atoms with Gasteiger partial charge in [-0.2, -0.15) is 0 Å². The van der Waals surface area contributed by atoms with Crippen LogP contribution in [0.1, 0.15) is 45.4 Å². The Labute approximate surface area is 91.4 Å². The summed E-state index contributed by atoms with van der Waals surface area (Å²) >= 11 is 0. The van der Waals surface area contributed by atoms with Crippen molar-refractivity contribution in [3.63, 3.8) is 0 Å². The number of esters is 1. The van der Waals surface area contributed by atoms with E-state index in [-0.39, 0.29) is 5.97 Å². The highest BCUT2D eigenvalue weighted by Gasteiger charge is 2.15. The molecule has 1 heterocycles. The summed E-state index contributed by atoms with van der Waals surface area (Å²) in [6.07, 6.45) is 10.1. The minimum atomic E-state index is -0.437. The molecule has 1 atom stereocenters. The van der Waals surface area contributed by atoms with Crippen molar-refractivity contribution in [1.82, 2.24) is 0 Å². The Hall–Kier alpha value is -0.830. The molecule has 0 radical (unpaired) electrons. The summed E-state index contributed by atoms with van der Waals surface area (Å²) in [4.78, 5) is 10.7. The molecule has 0 saturated carbocycles. The Balaban J connectivity index is 1.85. The summed E-state index contributed by atoms with van der Waals surface area (Å²) in [5, 5.41) is 0. The number of carbonyl (C=O) groups excluding carboxylic acids is 1. The van der Waals surface area contributed by atoms with Gasteiger partial charge in [0.1, 0.15) is 0 Å². The SMILES string of the molecule is CCCCCCCCOC1C=CC(=O)O1. The standard InChI is InChI=1S/C12H20O3/c1-2-3-4-5-6-7-10-14-12-9-8-11(13)15-12/h8-9,12H,2-7,10H2,1H3. The normalized spacial score (nSPS) is 19.5. The number of carbonyl (C=O) groups is 1. The molecule has 0 aromatic rings. The number of rotatable bonds is 8. The zero-order valence-electron chi connectivity index (χ0n) is 9.41. The van der Waals surface area contributed by atoms with Crippen molar-refractivity contribution in [3.05, 3.63) is 12.2 Å². The molecule has 0 aliphatic carbocycles. The van der Waals surface area contributed by atoms with Crippen molar-refractivity contribution < 1.29 is 14.3 Å². The number of unbranched alkanes of at least 4 members (excludes halogenated alkanes) is 5. The van der Waals surface area contributed by atoms with Crippen LogP contribution in [0.25, 0.3) is 0 Å². The highest BCUT2D eigenvalue weighted by atomic mass is 16.7. The molecule has 3 heteroatoms. The maximum Gasteiger partial charge on any atom is 0.333 e. The van der Waals surface area contributed by atoms with Crippen LogP contribution in [0, 0.1) is 0 Å². The third-order valence-electron chi connectivity index (χ3n) is 2.40.